The molecule has 0 aliphatic carbocycles. The fourth-order valence-electron chi connectivity index (χ4n) is 0.0556. The molecule has 1 aliphatic rings. The van der Waals surface area contributed by atoms with E-state index in [1.807, 2.05) is 0 Å². The summed E-state index contributed by atoms with van der Waals surface area (Å²) in [4.78, 5) is 0. The Morgan fingerprint density at radius 1 is 1.00 bits per heavy atom. The van der Waals surface area contributed by atoms with Crippen molar-refractivity contribution < 1.29 is 11.2 Å². The van der Waals surface area contributed by atoms with Gasteiger partial charge in [0.2, 0.25) is 0 Å². The third-order valence-corrected chi connectivity index (χ3v) is 2.00. The SMILES string of the molecule is O.[O]1[Al][O][Al]1. The monoisotopic (exact) mass is 104 g/mol. The molecule has 3 nitrogen and oxygen atoms in total. The van der Waals surface area contributed by atoms with Crippen LogP contribution in [0, 0.1) is 0 Å². The van der Waals surface area contributed by atoms with Crippen LogP contribution in [-0.2, 0) is 5.68 Å². The molecule has 0 aromatic carbocycles. The maximum Gasteiger partial charge on any atom is 0.605 e. The summed E-state index contributed by atoms with van der Waals surface area (Å²) in [5, 5.41) is 0. The molecular formula is H2Al2O3. The van der Waals surface area contributed by atoms with Crippen LogP contribution < -0.4 is 0 Å². The van der Waals surface area contributed by atoms with E-state index in [-0.39, 0.29) is 37.2 Å². The van der Waals surface area contributed by atoms with E-state index in [0.717, 1.165) is 0 Å². The smallest absolute Gasteiger partial charge is 0.605 e. The molecule has 1 heterocycles. The lowest BCUT2D eigenvalue weighted by atomic mass is 15.6. The standard InChI is InChI=1S/2Al.H2O.2O/h;;1H2;;. The van der Waals surface area contributed by atoms with Crippen LogP contribution in [0.1, 0.15) is 0 Å². The fourth-order valence-corrected chi connectivity index (χ4v) is 0.500. The van der Waals surface area contributed by atoms with Gasteiger partial charge in [0.15, 0.2) is 0 Å². The van der Waals surface area contributed by atoms with Gasteiger partial charge in [-0.25, -0.2) is 0 Å². The van der Waals surface area contributed by atoms with Crippen molar-refractivity contribution in [1.82, 2.24) is 0 Å². The molecule has 5 heteroatoms. The van der Waals surface area contributed by atoms with Gasteiger partial charge in [-0.15, -0.1) is 0 Å². The van der Waals surface area contributed by atoms with Crippen LogP contribution in [0.25, 0.3) is 0 Å². The number of rotatable bonds is 0. The zero-order valence-corrected chi connectivity index (χ0v) is 4.78. The molecule has 0 unspecified atom stereocenters. The molecule has 1 aliphatic heterocycles. The van der Waals surface area contributed by atoms with Gasteiger partial charge in [-0.05, 0) is 0 Å². The Morgan fingerprint density at radius 3 is 1.20 bits per heavy atom. The molecule has 0 atom stereocenters. The molecule has 0 bridgehead atoms. The molecule has 0 aromatic rings. The first-order chi connectivity index (χ1) is 2.00. The van der Waals surface area contributed by atoms with Crippen molar-refractivity contribution in [3.8, 4) is 0 Å². The van der Waals surface area contributed by atoms with Crippen LogP contribution in [0.3, 0.4) is 0 Å². The van der Waals surface area contributed by atoms with Gasteiger partial charge in [-0.1, -0.05) is 0 Å². The van der Waals surface area contributed by atoms with E-state index in [1.165, 1.54) is 0 Å². The van der Waals surface area contributed by atoms with Crippen molar-refractivity contribution in [1.29, 1.82) is 0 Å². The summed E-state index contributed by atoms with van der Waals surface area (Å²) in [5.74, 6) is 0. The van der Waals surface area contributed by atoms with Gasteiger partial charge >= 0.3 is 31.8 Å². The highest BCUT2D eigenvalue weighted by molar-refractivity contribution is 6.49. The minimum Gasteiger partial charge on any atom is -0.605 e. The molecule has 1 rings (SSSR count). The van der Waals surface area contributed by atoms with Gasteiger partial charge in [0.05, 0.1) is 0 Å². The van der Waals surface area contributed by atoms with Gasteiger partial charge in [0, 0.05) is 0 Å². The van der Waals surface area contributed by atoms with Crippen molar-refractivity contribution >= 4 is 31.8 Å². The molecule has 1 saturated heterocycles. The minimum atomic E-state index is -0.000000000000000222. The zero-order chi connectivity index (χ0) is 2.83. The summed E-state index contributed by atoms with van der Waals surface area (Å²) in [5.41, 5.74) is 0. The number of hydrogen-bond donors (Lipinski definition) is 0. The van der Waals surface area contributed by atoms with Crippen LogP contribution in [0.4, 0.5) is 0 Å². The second kappa shape index (κ2) is 3.15. The van der Waals surface area contributed by atoms with Gasteiger partial charge in [-0.3, -0.25) is 0 Å². The van der Waals surface area contributed by atoms with Crippen LogP contribution in [0.5, 0.6) is 0 Å². The van der Waals surface area contributed by atoms with E-state index >= 15 is 0 Å². The highest BCUT2D eigenvalue weighted by Crippen LogP contribution is 1.78. The topological polar surface area (TPSA) is 50.0 Å². The third-order valence-electron chi connectivity index (χ3n) is 0.222. The Bertz CT molecular complexity index is 12.9. The van der Waals surface area contributed by atoms with Gasteiger partial charge < -0.3 is 11.2 Å². The van der Waals surface area contributed by atoms with E-state index < -0.39 is 0 Å². The quantitative estimate of drug-likeness (QED) is 0.343. The Morgan fingerprint density at radius 2 is 1.20 bits per heavy atom. The molecule has 0 amide bonds. The highest BCUT2D eigenvalue weighted by atomic mass is 27.3. The van der Waals surface area contributed by atoms with E-state index in [0.29, 0.717) is 0 Å². The Kier molecular flexibility index (Phi) is 3.74. The summed E-state index contributed by atoms with van der Waals surface area (Å²) in [6.07, 6.45) is 0. The predicted octanol–water partition coefficient (Wildman–Crippen LogP) is -1.72. The first kappa shape index (κ1) is 5.94. The van der Waals surface area contributed by atoms with E-state index in [1.54, 1.807) is 0 Å². The van der Waals surface area contributed by atoms with Crippen LogP contribution in [0.2, 0.25) is 0 Å². The fraction of sp³-hybridized carbons (Fsp3) is 0. The van der Waals surface area contributed by atoms with Crippen LogP contribution in [-0.4, -0.2) is 37.2 Å². The van der Waals surface area contributed by atoms with Gasteiger partial charge in [0.25, 0.3) is 0 Å². The van der Waals surface area contributed by atoms with Gasteiger partial charge in [0.1, 0.15) is 0 Å². The van der Waals surface area contributed by atoms with E-state index in [2.05, 4.69) is 5.68 Å². The van der Waals surface area contributed by atoms with Crippen molar-refractivity contribution in [2.24, 2.45) is 0 Å². The van der Waals surface area contributed by atoms with Crippen molar-refractivity contribution in [3.05, 3.63) is 0 Å². The van der Waals surface area contributed by atoms with Crippen molar-refractivity contribution in [2.45, 2.75) is 0 Å². The summed E-state index contributed by atoms with van der Waals surface area (Å²) >= 11 is -0.000000000000000444. The maximum absolute atomic E-state index is 4.67. The minimum absolute atomic E-state index is 0. The lowest BCUT2D eigenvalue weighted by molar-refractivity contribution is 0.346. The van der Waals surface area contributed by atoms with E-state index in [4.69, 9.17) is 0 Å². The van der Waals surface area contributed by atoms with Crippen molar-refractivity contribution in [3.63, 3.8) is 0 Å². The first-order valence-corrected chi connectivity index (χ1v) is 2.83. The van der Waals surface area contributed by atoms with Gasteiger partial charge in [-0.2, -0.15) is 0 Å². The summed E-state index contributed by atoms with van der Waals surface area (Å²) in [6.45, 7) is 0. The molecule has 0 spiro atoms. The number of hydrogen-bond acceptors (Lipinski definition) is 2. The average molecular weight is 104 g/mol. The average Bonchev–Trinajstić information content (AvgIpc) is 0.722. The molecule has 0 aromatic heterocycles. The summed E-state index contributed by atoms with van der Waals surface area (Å²) in [7, 11) is 0. The normalized spacial score (nSPS) is 16.0. The van der Waals surface area contributed by atoms with Crippen molar-refractivity contribution in [2.75, 3.05) is 0 Å². The predicted molar refractivity (Wildman–Crippen MR) is 17.3 cm³/mol. The second-order valence-electron chi connectivity index (χ2n) is 0.465. The highest BCUT2D eigenvalue weighted by Gasteiger charge is 2.09. The largest absolute Gasteiger partial charge is 0.605 e. The molecule has 26 valence electrons. The second-order valence-corrected chi connectivity index (χ2v) is 3.03. The molecule has 5 heavy (non-hydrogen) atoms. The van der Waals surface area contributed by atoms with E-state index in [9.17, 15) is 0 Å². The lowest BCUT2D eigenvalue weighted by Crippen LogP contribution is -2.23. The maximum atomic E-state index is 4.67. The Balaban J connectivity index is 0.000000160. The molecule has 0 saturated carbocycles. The summed E-state index contributed by atoms with van der Waals surface area (Å²) < 4.78 is 9.33. The molecule has 2 N–H and O–H groups in total. The van der Waals surface area contributed by atoms with Crippen LogP contribution in [0.15, 0.2) is 0 Å². The summed E-state index contributed by atoms with van der Waals surface area (Å²) in [6, 6.07) is 0. The lowest BCUT2D eigenvalue weighted by Gasteiger charge is -2.09. The molecule has 2 radical (unpaired) electrons. The molecular weight excluding hydrogens is 102 g/mol. The molecule has 1 fully saturated rings. The zero-order valence-electron chi connectivity index (χ0n) is 2.47. The Hall–Kier alpha value is 0.945. The first-order valence-electron chi connectivity index (χ1n) is 0.943. The van der Waals surface area contributed by atoms with Crippen LogP contribution >= 0.6 is 0 Å². The Labute approximate surface area is 43.3 Å². The third kappa shape index (κ3) is 1.75.